The van der Waals surface area contributed by atoms with Gasteiger partial charge in [0.05, 0.1) is 6.10 Å². The van der Waals surface area contributed by atoms with Crippen molar-refractivity contribution in [1.29, 1.82) is 0 Å². The summed E-state index contributed by atoms with van der Waals surface area (Å²) in [5, 5.41) is 10.0. The molecule has 4 aliphatic rings. The van der Waals surface area contributed by atoms with Crippen LogP contribution in [0.5, 0.6) is 0 Å². The largest absolute Gasteiger partial charge is 0.393 e. The molecule has 0 aromatic carbocycles. The maximum Gasteiger partial charge on any atom is 0.0543 e. The third-order valence-corrected chi connectivity index (χ3v) is 8.42. The molecule has 0 unspecified atom stereocenters. The predicted octanol–water partition coefficient (Wildman–Crippen LogP) is 4.78. The van der Waals surface area contributed by atoms with Crippen molar-refractivity contribution >= 4 is 0 Å². The highest BCUT2D eigenvalue weighted by atomic mass is 16.3. The van der Waals surface area contributed by atoms with Gasteiger partial charge in [0.25, 0.3) is 0 Å². The van der Waals surface area contributed by atoms with E-state index in [1.165, 1.54) is 51.4 Å². The molecule has 0 aromatic rings. The zero-order valence-corrected chi connectivity index (χ0v) is 13.4. The van der Waals surface area contributed by atoms with Crippen molar-refractivity contribution in [3.05, 3.63) is 0 Å². The van der Waals surface area contributed by atoms with Crippen molar-refractivity contribution in [2.24, 2.45) is 34.5 Å². The lowest BCUT2D eigenvalue weighted by atomic mass is 9.45. The second-order valence-electron chi connectivity index (χ2n) is 9.17. The lowest BCUT2D eigenvalue weighted by Gasteiger charge is -2.60. The van der Waals surface area contributed by atoms with Crippen LogP contribution in [0.1, 0.15) is 78.1 Å². The molecule has 0 aromatic heterocycles. The normalized spacial score (nSPS) is 58.6. The molecule has 114 valence electrons. The molecule has 0 radical (unpaired) electrons. The van der Waals surface area contributed by atoms with Crippen LogP contribution in [0.3, 0.4) is 0 Å². The van der Waals surface area contributed by atoms with Crippen LogP contribution >= 0.6 is 0 Å². The van der Waals surface area contributed by atoms with Crippen molar-refractivity contribution in [3.63, 3.8) is 0 Å². The summed E-state index contributed by atoms with van der Waals surface area (Å²) in [7, 11) is 0. The number of hydrogen-bond donors (Lipinski definition) is 1. The highest BCUT2D eigenvalue weighted by Crippen LogP contribution is 2.66. The standard InChI is InChI=1S/C19H32O/c1-18-9-3-4-16(18)15-6-5-13-12-14(20)7-11-19(13,2)17(15)8-10-18/h13-17,20H,3-12H2,1-2H3/t13-,14+,15+,16-,17-,18+,19+/m1/s1. The fourth-order valence-corrected chi connectivity index (χ4v) is 7.23. The molecule has 0 spiro atoms. The van der Waals surface area contributed by atoms with Gasteiger partial charge in [0.2, 0.25) is 0 Å². The van der Waals surface area contributed by atoms with Gasteiger partial charge in [-0.15, -0.1) is 0 Å². The molecule has 4 aliphatic carbocycles. The lowest BCUT2D eigenvalue weighted by molar-refractivity contribution is -0.120. The van der Waals surface area contributed by atoms with Crippen LogP contribution < -0.4 is 0 Å². The van der Waals surface area contributed by atoms with Gasteiger partial charge in [-0.2, -0.15) is 0 Å². The number of rotatable bonds is 0. The topological polar surface area (TPSA) is 20.2 Å². The highest BCUT2D eigenvalue weighted by molar-refractivity contribution is 5.07. The average molecular weight is 276 g/mol. The molecule has 0 heterocycles. The molecular weight excluding hydrogens is 244 g/mol. The first-order chi connectivity index (χ1) is 9.53. The van der Waals surface area contributed by atoms with Crippen molar-refractivity contribution in [2.75, 3.05) is 0 Å². The van der Waals surface area contributed by atoms with E-state index in [4.69, 9.17) is 0 Å². The molecule has 1 nitrogen and oxygen atoms in total. The second kappa shape index (κ2) is 4.48. The molecule has 1 N–H and O–H groups in total. The minimum Gasteiger partial charge on any atom is -0.393 e. The minimum absolute atomic E-state index is 0.00459. The zero-order chi connectivity index (χ0) is 14.0. The van der Waals surface area contributed by atoms with Gasteiger partial charge in [0, 0.05) is 0 Å². The van der Waals surface area contributed by atoms with E-state index < -0.39 is 0 Å². The second-order valence-corrected chi connectivity index (χ2v) is 9.17. The number of aliphatic hydroxyl groups is 1. The van der Waals surface area contributed by atoms with Gasteiger partial charge in [-0.05, 0) is 92.3 Å². The molecule has 4 saturated carbocycles. The van der Waals surface area contributed by atoms with E-state index in [0.29, 0.717) is 10.8 Å². The fourth-order valence-electron chi connectivity index (χ4n) is 7.23. The third kappa shape index (κ3) is 1.77. The van der Waals surface area contributed by atoms with E-state index in [1.54, 1.807) is 0 Å². The van der Waals surface area contributed by atoms with Gasteiger partial charge in [-0.3, -0.25) is 0 Å². The van der Waals surface area contributed by atoms with Crippen LogP contribution in [0.2, 0.25) is 0 Å². The molecule has 0 amide bonds. The van der Waals surface area contributed by atoms with E-state index in [-0.39, 0.29) is 6.10 Å². The SMILES string of the molecule is C[C@@]12CCC[C@@H]1[C@@H]1CC[C@@H]3C[C@@H](O)CC[C@]3(C)[C@@H]1CC2. The van der Waals surface area contributed by atoms with Gasteiger partial charge in [0.1, 0.15) is 0 Å². The number of hydrogen-bond acceptors (Lipinski definition) is 1. The molecule has 7 atom stereocenters. The molecule has 20 heavy (non-hydrogen) atoms. The summed E-state index contributed by atoms with van der Waals surface area (Å²) in [6.45, 7) is 5.19. The molecule has 0 bridgehead atoms. The van der Waals surface area contributed by atoms with Crippen LogP contribution in [0, 0.1) is 34.5 Å². The van der Waals surface area contributed by atoms with Gasteiger partial charge in [0.15, 0.2) is 0 Å². The van der Waals surface area contributed by atoms with E-state index >= 15 is 0 Å². The Morgan fingerprint density at radius 1 is 0.850 bits per heavy atom. The third-order valence-electron chi connectivity index (χ3n) is 8.42. The average Bonchev–Trinajstić information content (AvgIpc) is 2.81. The Morgan fingerprint density at radius 2 is 1.70 bits per heavy atom. The number of fused-ring (bicyclic) bond motifs is 5. The quantitative estimate of drug-likeness (QED) is 0.675. The van der Waals surface area contributed by atoms with Crippen LogP contribution in [0.25, 0.3) is 0 Å². The first kappa shape index (κ1) is 13.6. The Labute approximate surface area is 124 Å². The molecule has 0 saturated heterocycles. The lowest BCUT2D eigenvalue weighted by Crippen LogP contribution is -2.53. The molecule has 4 rings (SSSR count). The summed E-state index contributed by atoms with van der Waals surface area (Å²) in [6.07, 6.45) is 13.8. The fraction of sp³-hybridized carbons (Fsp3) is 1.00. The van der Waals surface area contributed by atoms with E-state index in [0.717, 1.165) is 36.5 Å². The number of aliphatic hydroxyl groups excluding tert-OH is 1. The summed E-state index contributed by atoms with van der Waals surface area (Å²) in [5.41, 5.74) is 1.25. The van der Waals surface area contributed by atoms with Crippen molar-refractivity contribution in [1.82, 2.24) is 0 Å². The molecule has 4 fully saturated rings. The molecule has 1 heteroatoms. The van der Waals surface area contributed by atoms with Crippen molar-refractivity contribution < 1.29 is 5.11 Å². The highest BCUT2D eigenvalue weighted by Gasteiger charge is 2.57. The van der Waals surface area contributed by atoms with Gasteiger partial charge >= 0.3 is 0 Å². The van der Waals surface area contributed by atoms with Crippen LogP contribution in [0.4, 0.5) is 0 Å². The van der Waals surface area contributed by atoms with Crippen LogP contribution in [-0.4, -0.2) is 11.2 Å². The Hall–Kier alpha value is -0.0400. The first-order valence-corrected chi connectivity index (χ1v) is 9.21. The Bertz CT molecular complexity index is 391. The Balaban J connectivity index is 1.62. The first-order valence-electron chi connectivity index (χ1n) is 9.21. The summed E-state index contributed by atoms with van der Waals surface area (Å²) in [6, 6.07) is 0. The van der Waals surface area contributed by atoms with E-state index in [9.17, 15) is 5.11 Å². The van der Waals surface area contributed by atoms with Gasteiger partial charge in [-0.25, -0.2) is 0 Å². The van der Waals surface area contributed by atoms with Crippen molar-refractivity contribution in [3.8, 4) is 0 Å². The minimum atomic E-state index is 0.00459. The van der Waals surface area contributed by atoms with Crippen LogP contribution in [0.15, 0.2) is 0 Å². The van der Waals surface area contributed by atoms with Gasteiger partial charge < -0.3 is 5.11 Å². The summed E-state index contributed by atoms with van der Waals surface area (Å²) >= 11 is 0. The van der Waals surface area contributed by atoms with Crippen LogP contribution in [-0.2, 0) is 0 Å². The smallest absolute Gasteiger partial charge is 0.0543 e. The predicted molar refractivity (Wildman–Crippen MR) is 82.4 cm³/mol. The Kier molecular flexibility index (Phi) is 3.05. The zero-order valence-electron chi connectivity index (χ0n) is 13.4. The monoisotopic (exact) mass is 276 g/mol. The van der Waals surface area contributed by atoms with E-state index in [2.05, 4.69) is 13.8 Å². The summed E-state index contributed by atoms with van der Waals surface area (Å²) in [4.78, 5) is 0. The maximum atomic E-state index is 10.0. The Morgan fingerprint density at radius 3 is 2.55 bits per heavy atom. The van der Waals surface area contributed by atoms with E-state index in [1.807, 2.05) is 0 Å². The molecule has 0 aliphatic heterocycles. The van der Waals surface area contributed by atoms with Gasteiger partial charge in [-0.1, -0.05) is 20.3 Å². The maximum absolute atomic E-state index is 10.0. The summed E-state index contributed by atoms with van der Waals surface area (Å²) < 4.78 is 0. The van der Waals surface area contributed by atoms with Crippen molar-refractivity contribution in [2.45, 2.75) is 84.2 Å². The molecular formula is C19H32O. The summed E-state index contributed by atoms with van der Waals surface area (Å²) in [5.74, 6) is 3.85.